The van der Waals surface area contributed by atoms with Gasteiger partial charge in [0.2, 0.25) is 0 Å². The minimum absolute atomic E-state index is 0.455. The summed E-state index contributed by atoms with van der Waals surface area (Å²) in [6, 6.07) is 9.74. The van der Waals surface area contributed by atoms with Crippen molar-refractivity contribution in [3.8, 4) is 0 Å². The molecule has 0 radical (unpaired) electrons. The van der Waals surface area contributed by atoms with Crippen LogP contribution in [0.2, 0.25) is 0 Å². The van der Waals surface area contributed by atoms with Crippen molar-refractivity contribution in [2.45, 2.75) is 25.7 Å². The number of sulfone groups is 1. The molecule has 2 aromatic rings. The Hall–Kier alpha value is -1.55. The molecule has 2 aromatic carbocycles. The van der Waals surface area contributed by atoms with Gasteiger partial charge in [0.25, 0.3) is 0 Å². The maximum absolute atomic E-state index is 12.3. The summed E-state index contributed by atoms with van der Waals surface area (Å²) in [4.78, 5) is 2.56. The van der Waals surface area contributed by atoms with Gasteiger partial charge >= 0.3 is 0 Å². The maximum atomic E-state index is 12.3. The van der Waals surface area contributed by atoms with Gasteiger partial charge in [0, 0.05) is 24.7 Å². The van der Waals surface area contributed by atoms with Crippen LogP contribution in [0.1, 0.15) is 19.4 Å². The first-order valence-electron chi connectivity index (χ1n) is 6.87. The van der Waals surface area contributed by atoms with Crippen molar-refractivity contribution in [1.82, 2.24) is 0 Å². The molecule has 3 nitrogen and oxygen atoms in total. The van der Waals surface area contributed by atoms with Crippen LogP contribution < -0.4 is 4.90 Å². The zero-order valence-corrected chi connectivity index (χ0v) is 13.3. The lowest BCUT2D eigenvalue weighted by Crippen LogP contribution is -2.25. The monoisotopic (exact) mass is 291 g/mol. The number of benzene rings is 2. The molecule has 0 aliphatic rings. The molecule has 0 fully saturated rings. The smallest absolute Gasteiger partial charge is 0.178 e. The predicted molar refractivity (Wildman–Crippen MR) is 85.4 cm³/mol. The highest BCUT2D eigenvalue weighted by Gasteiger charge is 2.22. The zero-order valence-electron chi connectivity index (χ0n) is 12.5. The SMILES string of the molecule is CCN(CC)c1c(C)cc2ccccc2c1S(C)(=O)=O. The Morgan fingerprint density at radius 3 is 2.25 bits per heavy atom. The molecule has 0 aromatic heterocycles. The average Bonchev–Trinajstić information content (AvgIpc) is 2.39. The summed E-state index contributed by atoms with van der Waals surface area (Å²) in [5.74, 6) is 0. The van der Waals surface area contributed by atoms with E-state index < -0.39 is 9.84 Å². The number of rotatable bonds is 4. The highest BCUT2D eigenvalue weighted by molar-refractivity contribution is 7.91. The summed E-state index contributed by atoms with van der Waals surface area (Å²) in [5.41, 5.74) is 1.85. The first-order valence-corrected chi connectivity index (χ1v) is 8.76. The third-order valence-corrected chi connectivity index (χ3v) is 4.77. The van der Waals surface area contributed by atoms with E-state index in [4.69, 9.17) is 0 Å². The lowest BCUT2D eigenvalue weighted by molar-refractivity contribution is 0.602. The number of hydrogen-bond acceptors (Lipinski definition) is 3. The lowest BCUT2D eigenvalue weighted by Gasteiger charge is -2.26. The molecule has 108 valence electrons. The van der Waals surface area contributed by atoms with E-state index in [1.807, 2.05) is 45.0 Å². The fourth-order valence-electron chi connectivity index (χ4n) is 2.75. The van der Waals surface area contributed by atoms with E-state index in [1.165, 1.54) is 6.26 Å². The van der Waals surface area contributed by atoms with Crippen LogP contribution in [0.15, 0.2) is 35.2 Å². The van der Waals surface area contributed by atoms with Gasteiger partial charge in [-0.25, -0.2) is 8.42 Å². The van der Waals surface area contributed by atoms with E-state index in [-0.39, 0.29) is 0 Å². The topological polar surface area (TPSA) is 37.4 Å². The molecule has 0 aliphatic heterocycles. The summed E-state index contributed by atoms with van der Waals surface area (Å²) in [6.07, 6.45) is 1.29. The van der Waals surface area contributed by atoms with Gasteiger partial charge in [0.15, 0.2) is 9.84 Å². The number of fused-ring (bicyclic) bond motifs is 1. The summed E-state index contributed by atoms with van der Waals surface area (Å²) in [5, 5.41) is 1.78. The first kappa shape index (κ1) is 14.9. The molecule has 0 spiro atoms. The third-order valence-electron chi connectivity index (χ3n) is 3.62. The van der Waals surface area contributed by atoms with Crippen molar-refractivity contribution < 1.29 is 8.42 Å². The molecular weight excluding hydrogens is 270 g/mol. The van der Waals surface area contributed by atoms with Crippen LogP contribution in [-0.4, -0.2) is 27.8 Å². The van der Waals surface area contributed by atoms with Crippen LogP contribution in [-0.2, 0) is 9.84 Å². The normalized spacial score (nSPS) is 11.8. The minimum Gasteiger partial charge on any atom is -0.371 e. The predicted octanol–water partition coefficient (Wildman–Crippen LogP) is 3.40. The summed E-state index contributed by atoms with van der Waals surface area (Å²) < 4.78 is 24.7. The van der Waals surface area contributed by atoms with Crippen molar-refractivity contribution in [2.75, 3.05) is 24.2 Å². The molecular formula is C16H21NO2S. The lowest BCUT2D eigenvalue weighted by atomic mass is 10.0. The molecule has 0 amide bonds. The highest BCUT2D eigenvalue weighted by atomic mass is 32.2. The maximum Gasteiger partial charge on any atom is 0.178 e. The van der Waals surface area contributed by atoms with Gasteiger partial charge < -0.3 is 4.90 Å². The fraction of sp³-hybridized carbons (Fsp3) is 0.375. The largest absolute Gasteiger partial charge is 0.371 e. The van der Waals surface area contributed by atoms with Gasteiger partial charge in [-0.3, -0.25) is 0 Å². The molecule has 0 unspecified atom stereocenters. The average molecular weight is 291 g/mol. The Balaban J connectivity index is 2.96. The van der Waals surface area contributed by atoms with E-state index >= 15 is 0 Å². The molecule has 0 saturated heterocycles. The standard InChI is InChI=1S/C16H21NO2S/c1-5-17(6-2)15-12(3)11-13-9-7-8-10-14(13)16(15)20(4,18)19/h7-11H,5-6H2,1-4H3. The molecule has 0 saturated carbocycles. The molecule has 2 rings (SSSR count). The van der Waals surface area contributed by atoms with Crippen LogP contribution in [0.5, 0.6) is 0 Å². The van der Waals surface area contributed by atoms with Crippen molar-refractivity contribution in [2.24, 2.45) is 0 Å². The van der Waals surface area contributed by atoms with E-state index in [0.29, 0.717) is 4.90 Å². The van der Waals surface area contributed by atoms with Crippen molar-refractivity contribution >= 4 is 26.3 Å². The Morgan fingerprint density at radius 1 is 1.10 bits per heavy atom. The second-order valence-electron chi connectivity index (χ2n) is 5.04. The Kier molecular flexibility index (Phi) is 4.04. The summed E-state index contributed by atoms with van der Waals surface area (Å²) >= 11 is 0. The van der Waals surface area contributed by atoms with Crippen LogP contribution in [0.25, 0.3) is 10.8 Å². The molecule has 20 heavy (non-hydrogen) atoms. The molecule has 0 aliphatic carbocycles. The number of aryl methyl sites for hydroxylation is 1. The third kappa shape index (κ3) is 2.52. The molecule has 0 atom stereocenters. The Bertz CT molecular complexity index is 731. The number of hydrogen-bond donors (Lipinski definition) is 0. The van der Waals surface area contributed by atoms with Crippen molar-refractivity contribution in [3.63, 3.8) is 0 Å². The second kappa shape index (κ2) is 5.44. The van der Waals surface area contributed by atoms with E-state index in [2.05, 4.69) is 11.0 Å². The first-order chi connectivity index (χ1) is 9.40. The fourth-order valence-corrected chi connectivity index (χ4v) is 3.97. The number of anilines is 1. The second-order valence-corrected chi connectivity index (χ2v) is 6.99. The van der Waals surface area contributed by atoms with Crippen LogP contribution in [0.4, 0.5) is 5.69 Å². The van der Waals surface area contributed by atoms with E-state index in [0.717, 1.165) is 35.1 Å². The molecule has 0 bridgehead atoms. The Labute approximate surface area is 121 Å². The quantitative estimate of drug-likeness (QED) is 0.866. The van der Waals surface area contributed by atoms with Gasteiger partial charge in [-0.2, -0.15) is 0 Å². The summed E-state index contributed by atoms with van der Waals surface area (Å²) in [6.45, 7) is 7.65. The molecule has 4 heteroatoms. The molecule has 0 heterocycles. The molecule has 0 N–H and O–H groups in total. The van der Waals surface area contributed by atoms with Gasteiger partial charge in [-0.15, -0.1) is 0 Å². The van der Waals surface area contributed by atoms with E-state index in [1.54, 1.807) is 0 Å². The van der Waals surface area contributed by atoms with Crippen molar-refractivity contribution in [1.29, 1.82) is 0 Å². The van der Waals surface area contributed by atoms with E-state index in [9.17, 15) is 8.42 Å². The van der Waals surface area contributed by atoms with Crippen LogP contribution in [0.3, 0.4) is 0 Å². The van der Waals surface area contributed by atoms with Crippen molar-refractivity contribution in [3.05, 3.63) is 35.9 Å². The number of nitrogens with zero attached hydrogens (tertiary/aromatic N) is 1. The summed E-state index contributed by atoms with van der Waals surface area (Å²) in [7, 11) is -3.29. The zero-order chi connectivity index (χ0) is 14.9. The highest BCUT2D eigenvalue weighted by Crippen LogP contribution is 2.36. The van der Waals surface area contributed by atoms with Gasteiger partial charge in [0.05, 0.1) is 10.6 Å². The van der Waals surface area contributed by atoms with Gasteiger partial charge in [0.1, 0.15) is 0 Å². The minimum atomic E-state index is -3.29. The Morgan fingerprint density at radius 2 is 1.70 bits per heavy atom. The van der Waals surface area contributed by atoms with Gasteiger partial charge in [-0.05, 0) is 37.8 Å². The van der Waals surface area contributed by atoms with Crippen LogP contribution >= 0.6 is 0 Å². The van der Waals surface area contributed by atoms with Crippen LogP contribution in [0, 0.1) is 6.92 Å². The van der Waals surface area contributed by atoms with Gasteiger partial charge in [-0.1, -0.05) is 24.3 Å².